The fourth-order valence-corrected chi connectivity index (χ4v) is 4.48. The molecule has 30 heavy (non-hydrogen) atoms. The smallest absolute Gasteiger partial charge is 0.138 e. The molecule has 2 saturated heterocycles. The molecular weight excluding hydrogens is 423 g/mol. The Bertz CT molecular complexity index is 850. The third kappa shape index (κ3) is 4.29. The molecule has 0 spiro atoms. The molecule has 6 heteroatoms. The van der Waals surface area contributed by atoms with Crippen LogP contribution < -0.4 is 9.47 Å². The molecule has 0 N–H and O–H groups in total. The summed E-state index contributed by atoms with van der Waals surface area (Å²) in [7, 11) is 0. The van der Waals surface area contributed by atoms with Crippen molar-refractivity contribution in [2.45, 2.75) is 39.9 Å². The van der Waals surface area contributed by atoms with Gasteiger partial charge in [0.2, 0.25) is 0 Å². The van der Waals surface area contributed by atoms with Crippen LogP contribution in [0.25, 0.3) is 0 Å². The van der Waals surface area contributed by atoms with E-state index in [0.717, 1.165) is 24.3 Å². The summed E-state index contributed by atoms with van der Waals surface area (Å²) in [4.78, 5) is 0. The predicted octanol–water partition coefficient (Wildman–Crippen LogP) is 6.65. The van der Waals surface area contributed by atoms with E-state index in [1.54, 1.807) is 0 Å². The molecule has 2 aromatic carbocycles. The lowest BCUT2D eigenvalue weighted by molar-refractivity contribution is -0.172. The second kappa shape index (κ2) is 8.23. The molecule has 0 bridgehead atoms. The van der Waals surface area contributed by atoms with Crippen LogP contribution in [0.2, 0.25) is 10.0 Å². The molecular formula is C24H28Cl2O4. The van der Waals surface area contributed by atoms with Crippen LogP contribution in [0.5, 0.6) is 11.5 Å². The fourth-order valence-electron chi connectivity index (χ4n) is 3.99. The average molecular weight is 451 g/mol. The van der Waals surface area contributed by atoms with E-state index in [2.05, 4.69) is 27.7 Å². The van der Waals surface area contributed by atoms with Gasteiger partial charge in [-0.2, -0.15) is 0 Å². The van der Waals surface area contributed by atoms with Crippen molar-refractivity contribution >= 4 is 23.2 Å². The molecule has 2 heterocycles. The van der Waals surface area contributed by atoms with E-state index in [9.17, 15) is 0 Å². The maximum Gasteiger partial charge on any atom is 0.138 e. The monoisotopic (exact) mass is 450 g/mol. The van der Waals surface area contributed by atoms with Crippen molar-refractivity contribution in [3.05, 3.63) is 57.6 Å². The zero-order chi connectivity index (χ0) is 21.5. The van der Waals surface area contributed by atoms with Gasteiger partial charge in [-0.05, 0) is 35.4 Å². The first-order valence-corrected chi connectivity index (χ1v) is 11.0. The third-order valence-electron chi connectivity index (χ3n) is 5.78. The van der Waals surface area contributed by atoms with Crippen molar-refractivity contribution in [1.82, 2.24) is 0 Å². The van der Waals surface area contributed by atoms with Gasteiger partial charge < -0.3 is 18.9 Å². The van der Waals surface area contributed by atoms with Gasteiger partial charge in [0.05, 0.1) is 35.5 Å². The molecule has 0 amide bonds. The van der Waals surface area contributed by atoms with Crippen LogP contribution in [0.3, 0.4) is 0 Å². The maximum atomic E-state index is 6.40. The van der Waals surface area contributed by atoms with Crippen molar-refractivity contribution in [3.63, 3.8) is 0 Å². The summed E-state index contributed by atoms with van der Waals surface area (Å²) in [5.74, 6) is 1.26. The summed E-state index contributed by atoms with van der Waals surface area (Å²) in [6.45, 7) is 11.0. The van der Waals surface area contributed by atoms with E-state index in [-0.39, 0.29) is 23.0 Å². The first-order chi connectivity index (χ1) is 14.2. The Kier molecular flexibility index (Phi) is 5.97. The zero-order valence-corrected chi connectivity index (χ0v) is 19.3. The molecule has 2 unspecified atom stereocenters. The highest BCUT2D eigenvalue weighted by atomic mass is 35.5. The van der Waals surface area contributed by atoms with Gasteiger partial charge in [-0.15, -0.1) is 0 Å². The fraction of sp³-hybridized carbons (Fsp3) is 0.500. The Morgan fingerprint density at radius 2 is 1.17 bits per heavy atom. The minimum Gasteiger partial charge on any atom is -0.488 e. The van der Waals surface area contributed by atoms with Gasteiger partial charge in [-0.3, -0.25) is 0 Å². The van der Waals surface area contributed by atoms with Gasteiger partial charge in [0.25, 0.3) is 0 Å². The second-order valence-corrected chi connectivity index (χ2v) is 10.3. The molecule has 2 atom stereocenters. The number of benzene rings is 2. The van der Waals surface area contributed by atoms with Crippen LogP contribution in [-0.2, 0) is 9.47 Å². The maximum absolute atomic E-state index is 6.40. The average Bonchev–Trinajstić information content (AvgIpc) is 2.66. The topological polar surface area (TPSA) is 36.9 Å². The molecule has 4 rings (SSSR count). The lowest BCUT2D eigenvalue weighted by atomic mass is 9.79. The first kappa shape index (κ1) is 21.8. The van der Waals surface area contributed by atoms with E-state index in [1.165, 1.54) is 0 Å². The van der Waals surface area contributed by atoms with Crippen molar-refractivity contribution in [3.8, 4) is 11.5 Å². The van der Waals surface area contributed by atoms with Crippen LogP contribution in [0.15, 0.2) is 36.4 Å². The molecule has 0 radical (unpaired) electrons. The van der Waals surface area contributed by atoms with Gasteiger partial charge in [0.15, 0.2) is 0 Å². The van der Waals surface area contributed by atoms with Crippen LogP contribution >= 0.6 is 23.2 Å². The quantitative estimate of drug-likeness (QED) is 0.442. The Labute approximate surface area is 188 Å². The minimum absolute atomic E-state index is 0.0772. The van der Waals surface area contributed by atoms with Gasteiger partial charge in [0, 0.05) is 10.8 Å². The predicted molar refractivity (Wildman–Crippen MR) is 119 cm³/mol. The summed E-state index contributed by atoms with van der Waals surface area (Å²) in [5.41, 5.74) is 2.42. The van der Waals surface area contributed by atoms with Crippen LogP contribution in [0.1, 0.15) is 51.0 Å². The van der Waals surface area contributed by atoms with Gasteiger partial charge in [-0.1, -0.05) is 63.0 Å². The summed E-state index contributed by atoms with van der Waals surface area (Å²) in [5, 5.41) is 1.15. The lowest BCUT2D eigenvalue weighted by Crippen LogP contribution is -2.40. The molecule has 0 aromatic heterocycles. The van der Waals surface area contributed by atoms with Crippen LogP contribution in [0.4, 0.5) is 0 Å². The zero-order valence-electron chi connectivity index (χ0n) is 17.8. The van der Waals surface area contributed by atoms with E-state index >= 15 is 0 Å². The van der Waals surface area contributed by atoms with E-state index < -0.39 is 0 Å². The summed E-state index contributed by atoms with van der Waals surface area (Å²) >= 11 is 12.8. The lowest BCUT2D eigenvalue weighted by Gasteiger charge is -2.44. The molecule has 2 fully saturated rings. The Morgan fingerprint density at radius 1 is 0.767 bits per heavy atom. The molecule has 2 aliphatic rings. The Balaban J connectivity index is 1.29. The summed E-state index contributed by atoms with van der Waals surface area (Å²) in [6, 6.07) is 11.6. The Morgan fingerprint density at radius 3 is 1.43 bits per heavy atom. The molecule has 2 aromatic rings. The van der Waals surface area contributed by atoms with Gasteiger partial charge in [-0.25, -0.2) is 0 Å². The van der Waals surface area contributed by atoms with E-state index in [0.29, 0.717) is 34.8 Å². The van der Waals surface area contributed by atoms with Crippen molar-refractivity contribution in [2.24, 2.45) is 10.8 Å². The number of halogens is 2. The van der Waals surface area contributed by atoms with Crippen molar-refractivity contribution in [2.75, 3.05) is 26.4 Å². The standard InChI is InChI=1S/C24H28Cl2O4/c1-23(2)13-29-21(23)15-5-7-19(17(25)11-15)27-9-10-28-20-8-6-16(12-18(20)26)22-24(3,4)14-30-22/h5-8,11-12,21-22H,9-10,13-14H2,1-4H3. The molecule has 0 saturated carbocycles. The largest absolute Gasteiger partial charge is 0.488 e. The van der Waals surface area contributed by atoms with E-state index in [1.807, 2.05) is 36.4 Å². The first-order valence-electron chi connectivity index (χ1n) is 10.3. The number of hydrogen-bond donors (Lipinski definition) is 0. The molecule has 4 nitrogen and oxygen atoms in total. The molecule has 2 aliphatic heterocycles. The normalized spacial score (nSPS) is 23.9. The summed E-state index contributed by atoms with van der Waals surface area (Å²) < 4.78 is 23.0. The van der Waals surface area contributed by atoms with E-state index in [4.69, 9.17) is 42.1 Å². The van der Waals surface area contributed by atoms with Crippen LogP contribution in [-0.4, -0.2) is 26.4 Å². The Hall–Kier alpha value is -1.46. The minimum atomic E-state index is 0.0772. The highest BCUT2D eigenvalue weighted by molar-refractivity contribution is 6.32. The van der Waals surface area contributed by atoms with Crippen LogP contribution in [0, 0.1) is 10.8 Å². The second-order valence-electron chi connectivity index (χ2n) is 9.44. The van der Waals surface area contributed by atoms with Crippen molar-refractivity contribution in [1.29, 1.82) is 0 Å². The number of rotatable bonds is 7. The number of hydrogen-bond acceptors (Lipinski definition) is 4. The van der Waals surface area contributed by atoms with Crippen molar-refractivity contribution < 1.29 is 18.9 Å². The molecule has 162 valence electrons. The highest BCUT2D eigenvalue weighted by Crippen LogP contribution is 2.47. The van der Waals surface area contributed by atoms with Gasteiger partial charge >= 0.3 is 0 Å². The SMILES string of the molecule is CC1(C)COC1c1ccc(OCCOc2ccc(C3OCC3(C)C)cc2Cl)c(Cl)c1. The summed E-state index contributed by atoms with van der Waals surface area (Å²) in [6.07, 6.45) is 0.154. The number of ether oxygens (including phenoxy) is 4. The third-order valence-corrected chi connectivity index (χ3v) is 6.37. The molecule has 0 aliphatic carbocycles. The highest BCUT2D eigenvalue weighted by Gasteiger charge is 2.42. The van der Waals surface area contributed by atoms with Gasteiger partial charge in [0.1, 0.15) is 24.7 Å².